The van der Waals surface area contributed by atoms with Gasteiger partial charge in [0.05, 0.1) is 22.1 Å². The maximum Gasteiger partial charge on any atom is 0.348 e. The van der Waals surface area contributed by atoms with Crippen LogP contribution in [-0.4, -0.2) is 35.8 Å². The Kier molecular flexibility index (Phi) is 6.39. The first kappa shape index (κ1) is 22.0. The highest BCUT2D eigenvalue weighted by atomic mass is 32.2. The molecule has 0 aliphatic carbocycles. The normalized spacial score (nSPS) is 11.4. The second-order valence-electron chi connectivity index (χ2n) is 6.98. The Morgan fingerprint density at radius 3 is 2.48 bits per heavy atom. The third kappa shape index (κ3) is 5.48. The molecule has 0 aliphatic heterocycles. The van der Waals surface area contributed by atoms with Gasteiger partial charge in [-0.15, -0.1) is 0 Å². The van der Waals surface area contributed by atoms with Crippen molar-refractivity contribution in [2.75, 3.05) is 22.9 Å². The molecule has 3 aromatic rings. The summed E-state index contributed by atoms with van der Waals surface area (Å²) in [4.78, 5) is 39.6. The van der Waals surface area contributed by atoms with E-state index in [0.717, 1.165) is 31.6 Å². The van der Waals surface area contributed by atoms with Crippen LogP contribution in [0.3, 0.4) is 0 Å². The van der Waals surface area contributed by atoms with E-state index in [1.807, 2.05) is 35.2 Å². The number of rotatable bonds is 9. The van der Waals surface area contributed by atoms with Gasteiger partial charge in [-0.2, -0.15) is 4.68 Å². The number of nitro benzene ring substituents is 1. The van der Waals surface area contributed by atoms with Crippen molar-refractivity contribution in [1.29, 1.82) is 0 Å². The molecule has 0 spiro atoms. The van der Waals surface area contributed by atoms with Crippen LogP contribution in [0.15, 0.2) is 52.1 Å². The molecule has 3 N–H and O–H groups in total. The minimum atomic E-state index is -3.90. The number of aryl methyl sites for hydroxylation is 1. The SMILES string of the molecule is CS(=O)(=O)Nn1c(=O)[nH]c2cc([N+](=O)[O-])c(NCCCCc3ccccc3)cc2c1=O. The summed E-state index contributed by atoms with van der Waals surface area (Å²) in [5, 5.41) is 14.3. The molecule has 0 amide bonds. The lowest BCUT2D eigenvalue weighted by molar-refractivity contribution is -0.383. The minimum Gasteiger partial charge on any atom is -0.379 e. The van der Waals surface area contributed by atoms with Crippen LogP contribution in [0.2, 0.25) is 0 Å². The number of aromatic amines is 1. The highest BCUT2D eigenvalue weighted by molar-refractivity contribution is 7.91. The summed E-state index contributed by atoms with van der Waals surface area (Å²) in [6, 6.07) is 12.2. The highest BCUT2D eigenvalue weighted by Gasteiger charge is 2.19. The summed E-state index contributed by atoms with van der Waals surface area (Å²) in [6.07, 6.45) is 3.25. The summed E-state index contributed by atoms with van der Waals surface area (Å²) < 4.78 is 23.2. The van der Waals surface area contributed by atoms with E-state index in [-0.39, 0.29) is 22.3 Å². The van der Waals surface area contributed by atoms with Crippen LogP contribution in [0.5, 0.6) is 0 Å². The molecule has 1 aromatic heterocycles. The number of nitro groups is 1. The number of H-pyrrole nitrogens is 1. The molecular weight excluding hydrogens is 426 g/mol. The van der Waals surface area contributed by atoms with Gasteiger partial charge in [-0.3, -0.25) is 14.9 Å². The van der Waals surface area contributed by atoms with Crippen molar-refractivity contribution in [2.24, 2.45) is 0 Å². The van der Waals surface area contributed by atoms with Crippen LogP contribution in [0.4, 0.5) is 11.4 Å². The van der Waals surface area contributed by atoms with Crippen molar-refractivity contribution in [2.45, 2.75) is 19.3 Å². The Labute approximate surface area is 176 Å². The molecule has 1 heterocycles. The Balaban J connectivity index is 1.85. The van der Waals surface area contributed by atoms with Gasteiger partial charge in [-0.25, -0.2) is 18.0 Å². The minimum absolute atomic E-state index is 0.0668. The highest BCUT2D eigenvalue weighted by Crippen LogP contribution is 2.27. The molecule has 0 saturated carbocycles. The first-order valence-corrected chi connectivity index (χ1v) is 11.3. The van der Waals surface area contributed by atoms with Crippen LogP contribution >= 0.6 is 0 Å². The fourth-order valence-electron chi connectivity index (χ4n) is 3.12. The van der Waals surface area contributed by atoms with Gasteiger partial charge < -0.3 is 10.3 Å². The molecule has 2 aromatic carbocycles. The van der Waals surface area contributed by atoms with Crippen molar-refractivity contribution in [3.63, 3.8) is 0 Å². The lowest BCUT2D eigenvalue weighted by Gasteiger charge is -2.10. The summed E-state index contributed by atoms with van der Waals surface area (Å²) >= 11 is 0. The quantitative estimate of drug-likeness (QED) is 0.255. The molecule has 12 heteroatoms. The first-order valence-electron chi connectivity index (χ1n) is 9.39. The fraction of sp³-hybridized carbons (Fsp3) is 0.263. The fourth-order valence-corrected chi connectivity index (χ4v) is 3.61. The zero-order valence-corrected chi connectivity index (χ0v) is 17.4. The predicted octanol–water partition coefficient (Wildman–Crippen LogP) is 1.54. The van der Waals surface area contributed by atoms with Gasteiger partial charge in [0.25, 0.3) is 11.2 Å². The zero-order valence-electron chi connectivity index (χ0n) is 16.6. The van der Waals surface area contributed by atoms with Crippen LogP contribution in [-0.2, 0) is 16.4 Å². The lowest BCUT2D eigenvalue weighted by atomic mass is 10.1. The molecule has 11 nitrogen and oxygen atoms in total. The van der Waals surface area contributed by atoms with Gasteiger partial charge in [0.2, 0.25) is 10.0 Å². The lowest BCUT2D eigenvalue weighted by Crippen LogP contribution is -2.43. The first-order chi connectivity index (χ1) is 14.7. The number of anilines is 1. The number of fused-ring (bicyclic) bond motifs is 1. The number of aromatic nitrogens is 2. The standard InChI is InChI=1S/C19H21N5O6S/c1-31(29,30)22-23-18(25)14-11-16(17(24(27)28)12-15(14)21-19(23)26)20-10-6-5-9-13-7-3-2-4-8-13/h2-4,7-8,11-12,20,22H,5-6,9-10H2,1H3,(H,21,26). The average molecular weight is 447 g/mol. The van der Waals surface area contributed by atoms with E-state index in [9.17, 15) is 28.1 Å². The third-order valence-corrected chi connectivity index (χ3v) is 5.03. The topological polar surface area (TPSA) is 156 Å². The zero-order chi connectivity index (χ0) is 22.6. The summed E-state index contributed by atoms with van der Waals surface area (Å²) in [6.45, 7) is 0.429. The number of hydrogen-bond acceptors (Lipinski definition) is 7. The Hall–Kier alpha value is -3.67. The van der Waals surface area contributed by atoms with Gasteiger partial charge in [-0.05, 0) is 30.9 Å². The molecule has 0 atom stereocenters. The summed E-state index contributed by atoms with van der Waals surface area (Å²) in [7, 11) is -3.90. The maximum atomic E-state index is 12.6. The number of hydrogen-bond donors (Lipinski definition) is 3. The average Bonchev–Trinajstić information content (AvgIpc) is 2.70. The molecular formula is C19H21N5O6S. The van der Waals surface area contributed by atoms with Crippen LogP contribution in [0.1, 0.15) is 18.4 Å². The van der Waals surface area contributed by atoms with E-state index in [1.165, 1.54) is 11.6 Å². The van der Waals surface area contributed by atoms with Gasteiger partial charge in [-0.1, -0.05) is 30.3 Å². The van der Waals surface area contributed by atoms with Gasteiger partial charge in [0, 0.05) is 12.6 Å². The van der Waals surface area contributed by atoms with Crippen molar-refractivity contribution in [1.82, 2.24) is 9.66 Å². The number of nitrogens with one attached hydrogen (secondary N) is 3. The van der Waals surface area contributed by atoms with Crippen LogP contribution < -0.4 is 21.4 Å². The van der Waals surface area contributed by atoms with E-state index in [0.29, 0.717) is 11.2 Å². The van der Waals surface area contributed by atoms with Crippen LogP contribution in [0.25, 0.3) is 10.9 Å². The molecule has 0 unspecified atom stereocenters. The molecule has 3 rings (SSSR count). The van der Waals surface area contributed by atoms with Gasteiger partial charge in [0.1, 0.15) is 5.69 Å². The van der Waals surface area contributed by atoms with Crippen molar-refractivity contribution in [3.8, 4) is 0 Å². The van der Waals surface area contributed by atoms with Crippen molar-refractivity contribution >= 4 is 32.3 Å². The molecule has 0 fully saturated rings. The second kappa shape index (κ2) is 9.00. The van der Waals surface area contributed by atoms with E-state index < -0.39 is 26.2 Å². The third-order valence-electron chi connectivity index (χ3n) is 4.52. The smallest absolute Gasteiger partial charge is 0.348 e. The molecule has 0 radical (unpaired) electrons. The number of unbranched alkanes of at least 4 members (excludes halogenated alkanes) is 1. The monoisotopic (exact) mass is 447 g/mol. The molecule has 0 aliphatic rings. The van der Waals surface area contributed by atoms with Gasteiger partial charge in [0.15, 0.2) is 0 Å². The molecule has 0 saturated heterocycles. The Bertz CT molecular complexity index is 1330. The van der Waals surface area contributed by atoms with E-state index in [2.05, 4.69) is 10.3 Å². The summed E-state index contributed by atoms with van der Waals surface area (Å²) in [5.41, 5.74) is -1.07. The van der Waals surface area contributed by atoms with E-state index in [4.69, 9.17) is 0 Å². The van der Waals surface area contributed by atoms with Crippen molar-refractivity contribution in [3.05, 3.63) is 79.0 Å². The molecule has 0 bridgehead atoms. The Morgan fingerprint density at radius 1 is 1.13 bits per heavy atom. The largest absolute Gasteiger partial charge is 0.379 e. The second-order valence-corrected chi connectivity index (χ2v) is 8.70. The Morgan fingerprint density at radius 2 is 1.84 bits per heavy atom. The number of nitrogens with zero attached hydrogens (tertiary/aromatic N) is 2. The van der Waals surface area contributed by atoms with E-state index in [1.54, 1.807) is 0 Å². The predicted molar refractivity (Wildman–Crippen MR) is 118 cm³/mol. The number of sulfonamides is 1. The maximum absolute atomic E-state index is 12.6. The molecule has 164 valence electrons. The molecule has 31 heavy (non-hydrogen) atoms. The summed E-state index contributed by atoms with van der Waals surface area (Å²) in [5.74, 6) is 0. The number of benzene rings is 2. The van der Waals surface area contributed by atoms with E-state index >= 15 is 0 Å². The van der Waals surface area contributed by atoms with Crippen LogP contribution in [0, 0.1) is 10.1 Å². The van der Waals surface area contributed by atoms with Gasteiger partial charge >= 0.3 is 5.69 Å². The van der Waals surface area contributed by atoms with Crippen molar-refractivity contribution < 1.29 is 13.3 Å².